The minimum Gasteiger partial charge on any atom is -0.385 e. The molecular weight excluding hydrogens is 308 g/mol. The molecule has 19 heavy (non-hydrogen) atoms. The third-order valence-electron chi connectivity index (χ3n) is 2.38. The zero-order valence-corrected chi connectivity index (χ0v) is 12.2. The van der Waals surface area contributed by atoms with Crippen LogP contribution in [0.1, 0.15) is 12.0 Å². The van der Waals surface area contributed by atoms with Crippen molar-refractivity contribution in [3.05, 3.63) is 39.9 Å². The number of hydrogen-bond acceptors (Lipinski definition) is 3. The van der Waals surface area contributed by atoms with Crippen LogP contribution >= 0.6 is 15.9 Å². The maximum absolute atomic E-state index is 11.8. The molecule has 0 aliphatic rings. The maximum atomic E-state index is 11.8. The highest BCUT2D eigenvalue weighted by Gasteiger charge is 2.08. The second-order valence-corrected chi connectivity index (χ2v) is 4.65. The first-order chi connectivity index (χ1) is 9.19. The van der Waals surface area contributed by atoms with Gasteiger partial charge in [-0.1, -0.05) is 34.1 Å². The first-order valence-electron chi connectivity index (χ1n) is 5.82. The molecule has 5 heteroatoms. The summed E-state index contributed by atoms with van der Waals surface area (Å²) in [4.78, 5) is 11.8. The Kier molecular flexibility index (Phi) is 6.86. The fourth-order valence-electron chi connectivity index (χ4n) is 1.41. The molecule has 0 heterocycles. The molecule has 1 aromatic carbocycles. The van der Waals surface area contributed by atoms with Crippen molar-refractivity contribution in [3.63, 3.8) is 0 Å². The average molecular weight is 323 g/mol. The normalized spacial score (nSPS) is 10.9. The van der Waals surface area contributed by atoms with Gasteiger partial charge in [0.1, 0.15) is 11.6 Å². The Morgan fingerprint density at radius 2 is 2.26 bits per heavy atom. The number of nitrogens with one attached hydrogen (secondary N) is 1. The lowest BCUT2D eigenvalue weighted by Crippen LogP contribution is -2.26. The topological polar surface area (TPSA) is 62.1 Å². The number of benzene rings is 1. The number of hydrogen-bond donors (Lipinski definition) is 1. The van der Waals surface area contributed by atoms with Crippen molar-refractivity contribution < 1.29 is 9.53 Å². The zero-order chi connectivity index (χ0) is 14.1. The van der Waals surface area contributed by atoms with Gasteiger partial charge >= 0.3 is 0 Å². The minimum absolute atomic E-state index is 0.0873. The van der Waals surface area contributed by atoms with Crippen LogP contribution in [0.5, 0.6) is 0 Å². The summed E-state index contributed by atoms with van der Waals surface area (Å²) in [6, 6.07) is 9.33. The Morgan fingerprint density at radius 1 is 1.53 bits per heavy atom. The first-order valence-corrected chi connectivity index (χ1v) is 6.61. The van der Waals surface area contributed by atoms with Crippen LogP contribution in [0.3, 0.4) is 0 Å². The second-order valence-electron chi connectivity index (χ2n) is 3.79. The maximum Gasteiger partial charge on any atom is 0.261 e. The lowest BCUT2D eigenvalue weighted by Gasteiger charge is -2.04. The van der Waals surface area contributed by atoms with Gasteiger partial charge in [0.25, 0.3) is 5.91 Å². The van der Waals surface area contributed by atoms with E-state index >= 15 is 0 Å². The molecule has 0 radical (unpaired) electrons. The Morgan fingerprint density at radius 3 is 2.89 bits per heavy atom. The molecule has 0 fully saturated rings. The van der Waals surface area contributed by atoms with E-state index in [9.17, 15) is 4.79 Å². The summed E-state index contributed by atoms with van der Waals surface area (Å²) in [5, 5.41) is 11.7. The third-order valence-corrected chi connectivity index (χ3v) is 3.10. The predicted octanol–water partition coefficient (Wildman–Crippen LogP) is 2.51. The van der Waals surface area contributed by atoms with E-state index in [1.54, 1.807) is 13.2 Å². The van der Waals surface area contributed by atoms with Crippen LogP contribution in [0.4, 0.5) is 0 Å². The SMILES string of the molecule is COCCCNC(=O)/C(C#N)=C/c1ccccc1Br. The molecule has 0 bridgehead atoms. The predicted molar refractivity (Wildman–Crippen MR) is 77.2 cm³/mol. The molecule has 1 N–H and O–H groups in total. The van der Waals surface area contributed by atoms with Gasteiger partial charge in [-0.3, -0.25) is 4.79 Å². The van der Waals surface area contributed by atoms with Crippen molar-refractivity contribution in [2.24, 2.45) is 0 Å². The monoisotopic (exact) mass is 322 g/mol. The number of carbonyl (C=O) groups excluding carboxylic acids is 1. The summed E-state index contributed by atoms with van der Waals surface area (Å²) in [5.74, 6) is -0.366. The highest BCUT2D eigenvalue weighted by Crippen LogP contribution is 2.18. The molecule has 1 aromatic rings. The highest BCUT2D eigenvalue weighted by atomic mass is 79.9. The van der Waals surface area contributed by atoms with Crippen LogP contribution in [0, 0.1) is 11.3 Å². The Hall–Kier alpha value is -1.64. The van der Waals surface area contributed by atoms with Gasteiger partial charge in [-0.05, 0) is 24.1 Å². The van der Waals surface area contributed by atoms with Crippen LogP contribution in [0.15, 0.2) is 34.3 Å². The van der Waals surface area contributed by atoms with Crippen LogP contribution < -0.4 is 5.32 Å². The van der Waals surface area contributed by atoms with Crippen LogP contribution in [0.2, 0.25) is 0 Å². The highest BCUT2D eigenvalue weighted by molar-refractivity contribution is 9.10. The number of nitrogens with zero attached hydrogens (tertiary/aromatic N) is 1. The molecule has 0 aliphatic heterocycles. The molecule has 0 aromatic heterocycles. The molecule has 100 valence electrons. The summed E-state index contributed by atoms with van der Waals surface area (Å²) in [6.07, 6.45) is 2.28. The van der Waals surface area contributed by atoms with Crippen molar-refractivity contribution >= 4 is 27.9 Å². The number of methoxy groups -OCH3 is 1. The minimum atomic E-state index is -0.366. The standard InChI is InChI=1S/C14H15BrN2O2/c1-19-8-4-7-17-14(18)12(10-16)9-11-5-2-3-6-13(11)15/h2-3,5-6,9H,4,7-8H2,1H3,(H,17,18)/b12-9+. The first kappa shape index (κ1) is 15.4. The van der Waals surface area contributed by atoms with E-state index in [0.717, 1.165) is 16.5 Å². The molecule has 0 saturated heterocycles. The van der Waals surface area contributed by atoms with E-state index in [1.165, 1.54) is 0 Å². The number of nitriles is 1. The fraction of sp³-hybridized carbons (Fsp3) is 0.286. The van der Waals surface area contributed by atoms with Gasteiger partial charge in [0.2, 0.25) is 0 Å². The van der Waals surface area contributed by atoms with Crippen molar-refractivity contribution in [1.82, 2.24) is 5.32 Å². The largest absolute Gasteiger partial charge is 0.385 e. The Balaban J connectivity index is 2.70. The lowest BCUT2D eigenvalue weighted by molar-refractivity contribution is -0.117. The van der Waals surface area contributed by atoms with Crippen LogP contribution in [-0.2, 0) is 9.53 Å². The van der Waals surface area contributed by atoms with Crippen molar-refractivity contribution in [1.29, 1.82) is 5.26 Å². The summed E-state index contributed by atoms with van der Waals surface area (Å²) in [7, 11) is 1.61. The second kappa shape index (κ2) is 8.46. The van der Waals surface area contributed by atoms with Crippen molar-refractivity contribution in [2.45, 2.75) is 6.42 Å². The molecule has 1 amide bonds. The number of carbonyl (C=O) groups is 1. The summed E-state index contributed by atoms with van der Waals surface area (Å²) in [6.45, 7) is 1.07. The number of amides is 1. The Bertz CT molecular complexity index is 506. The van der Waals surface area contributed by atoms with Crippen LogP contribution in [0.25, 0.3) is 6.08 Å². The quantitative estimate of drug-likeness (QED) is 0.497. The van der Waals surface area contributed by atoms with Gasteiger partial charge in [-0.2, -0.15) is 5.26 Å². The summed E-state index contributed by atoms with van der Waals surface area (Å²) >= 11 is 3.37. The van der Waals surface area contributed by atoms with Crippen molar-refractivity contribution in [3.8, 4) is 6.07 Å². The molecule has 0 atom stereocenters. The number of halogens is 1. The molecule has 0 aliphatic carbocycles. The lowest BCUT2D eigenvalue weighted by atomic mass is 10.1. The third kappa shape index (κ3) is 5.25. The van der Waals surface area contributed by atoms with Gasteiger partial charge < -0.3 is 10.1 Å². The molecule has 0 spiro atoms. The summed E-state index contributed by atoms with van der Waals surface area (Å²) in [5.41, 5.74) is 0.885. The van der Waals surface area contributed by atoms with Gasteiger partial charge in [0.05, 0.1) is 0 Å². The molecule has 4 nitrogen and oxygen atoms in total. The fourth-order valence-corrected chi connectivity index (χ4v) is 1.81. The smallest absolute Gasteiger partial charge is 0.261 e. The van der Waals surface area contributed by atoms with E-state index in [4.69, 9.17) is 10.00 Å². The average Bonchev–Trinajstić information content (AvgIpc) is 2.42. The summed E-state index contributed by atoms with van der Waals surface area (Å²) < 4.78 is 5.73. The van der Waals surface area contributed by atoms with E-state index in [-0.39, 0.29) is 11.5 Å². The van der Waals surface area contributed by atoms with Gasteiger partial charge in [0.15, 0.2) is 0 Å². The van der Waals surface area contributed by atoms with Gasteiger partial charge in [-0.25, -0.2) is 0 Å². The number of rotatable bonds is 6. The van der Waals surface area contributed by atoms with Gasteiger partial charge in [0, 0.05) is 24.7 Å². The van der Waals surface area contributed by atoms with E-state index < -0.39 is 0 Å². The number of ether oxygens (including phenoxy) is 1. The molecule has 1 rings (SSSR count). The zero-order valence-electron chi connectivity index (χ0n) is 10.6. The van der Waals surface area contributed by atoms with E-state index in [2.05, 4.69) is 21.2 Å². The van der Waals surface area contributed by atoms with E-state index in [0.29, 0.717) is 13.2 Å². The van der Waals surface area contributed by atoms with Crippen molar-refractivity contribution in [2.75, 3.05) is 20.3 Å². The molecular formula is C14H15BrN2O2. The molecule has 0 saturated carbocycles. The van der Waals surface area contributed by atoms with Gasteiger partial charge in [-0.15, -0.1) is 0 Å². The Labute approximate surface area is 121 Å². The van der Waals surface area contributed by atoms with Crippen LogP contribution in [-0.4, -0.2) is 26.2 Å². The molecule has 0 unspecified atom stereocenters. The van der Waals surface area contributed by atoms with E-state index in [1.807, 2.05) is 30.3 Å².